The van der Waals surface area contributed by atoms with E-state index in [9.17, 15) is 14.4 Å². The Morgan fingerprint density at radius 3 is 0.970 bits per heavy atom. The van der Waals surface area contributed by atoms with Crippen LogP contribution < -0.4 is 0 Å². The number of ether oxygens (including phenoxy) is 3. The van der Waals surface area contributed by atoms with Crippen molar-refractivity contribution in [1.29, 1.82) is 0 Å². The van der Waals surface area contributed by atoms with E-state index in [2.05, 4.69) is 81.5 Å². The maximum Gasteiger partial charge on any atom is 0.306 e. The van der Waals surface area contributed by atoms with E-state index in [0.717, 1.165) is 83.5 Å². The lowest BCUT2D eigenvalue weighted by atomic mass is 10.0. The van der Waals surface area contributed by atoms with Gasteiger partial charge >= 0.3 is 17.9 Å². The van der Waals surface area contributed by atoms with Crippen LogP contribution in [0, 0.1) is 0 Å². The molecule has 0 aromatic carbocycles. The SMILES string of the molecule is CC/C=C\C/C=C\C/C=C\C/C=C\CCCCC(=O)O[C@H](COC(=O)CCCCCCC/C=C\CCCCCCC)COC(=O)CCCCCCCCCCCCCCCCCCCCC. The van der Waals surface area contributed by atoms with Crippen molar-refractivity contribution in [2.75, 3.05) is 13.2 Å². The van der Waals surface area contributed by atoms with Crippen LogP contribution in [0.2, 0.25) is 0 Å². The van der Waals surface area contributed by atoms with Crippen LogP contribution in [-0.4, -0.2) is 37.2 Å². The molecule has 0 N–H and O–H groups in total. The molecule has 382 valence electrons. The fraction of sp³-hybridized carbons (Fsp3) is 0.783. The zero-order chi connectivity index (χ0) is 47.9. The number of carbonyl (C=O) groups is 3. The molecule has 0 heterocycles. The first-order chi connectivity index (χ1) is 32.5. The van der Waals surface area contributed by atoms with Crippen molar-refractivity contribution in [3.8, 4) is 0 Å². The van der Waals surface area contributed by atoms with E-state index in [0.29, 0.717) is 19.3 Å². The van der Waals surface area contributed by atoms with Gasteiger partial charge in [0.2, 0.25) is 0 Å². The van der Waals surface area contributed by atoms with Gasteiger partial charge < -0.3 is 14.2 Å². The van der Waals surface area contributed by atoms with E-state index in [4.69, 9.17) is 14.2 Å². The summed E-state index contributed by atoms with van der Waals surface area (Å²) in [7, 11) is 0. The quantitative estimate of drug-likeness (QED) is 0.0262. The summed E-state index contributed by atoms with van der Waals surface area (Å²) in [6.45, 7) is 6.50. The summed E-state index contributed by atoms with van der Waals surface area (Å²) < 4.78 is 16.8. The number of allylic oxidation sites excluding steroid dienone is 10. The molecule has 0 radical (unpaired) electrons. The van der Waals surface area contributed by atoms with Gasteiger partial charge in [0.15, 0.2) is 6.10 Å². The Morgan fingerprint density at radius 2 is 0.591 bits per heavy atom. The van der Waals surface area contributed by atoms with Crippen molar-refractivity contribution in [2.24, 2.45) is 0 Å². The molecule has 6 nitrogen and oxygen atoms in total. The van der Waals surface area contributed by atoms with Gasteiger partial charge in [-0.25, -0.2) is 0 Å². The first-order valence-corrected chi connectivity index (χ1v) is 28.3. The summed E-state index contributed by atoms with van der Waals surface area (Å²) in [6, 6.07) is 0. The summed E-state index contributed by atoms with van der Waals surface area (Å²) in [5.41, 5.74) is 0. The molecule has 1 atom stereocenters. The largest absolute Gasteiger partial charge is 0.462 e. The fourth-order valence-corrected chi connectivity index (χ4v) is 8.02. The van der Waals surface area contributed by atoms with E-state index >= 15 is 0 Å². The lowest BCUT2D eigenvalue weighted by molar-refractivity contribution is -0.167. The van der Waals surface area contributed by atoms with E-state index in [1.54, 1.807) is 0 Å². The molecular weight excluding hydrogens is 817 g/mol. The van der Waals surface area contributed by atoms with Crippen LogP contribution in [0.15, 0.2) is 60.8 Å². The van der Waals surface area contributed by atoms with Gasteiger partial charge in [-0.2, -0.15) is 0 Å². The summed E-state index contributed by atoms with van der Waals surface area (Å²) in [6.07, 6.45) is 67.9. The van der Waals surface area contributed by atoms with Gasteiger partial charge in [0.05, 0.1) is 0 Å². The van der Waals surface area contributed by atoms with Gasteiger partial charge in [0.1, 0.15) is 13.2 Å². The molecular formula is C60H106O6. The second kappa shape index (κ2) is 54.7. The standard InChI is InChI=1S/C60H106O6/c1-4-7-10-13-16-19-22-25-28-29-30-31-33-35-38-41-44-47-50-53-59(62)65-56-57(55-64-58(61)52-49-46-43-40-37-34-27-24-21-18-15-12-9-6-3)66-60(63)54-51-48-45-42-39-36-32-26-23-20-17-14-11-8-5-2/h8,11,17,20,24,26-27,32,39,42,57H,4-7,9-10,12-16,18-19,21-23,25,28-31,33-38,40-41,43-56H2,1-3H3/b11-8-,20-17-,27-24-,32-26-,42-39-/t57-/m1/s1. The smallest absolute Gasteiger partial charge is 0.306 e. The molecule has 0 rings (SSSR count). The molecule has 0 fully saturated rings. The van der Waals surface area contributed by atoms with Crippen LogP contribution in [0.3, 0.4) is 0 Å². The minimum atomic E-state index is -0.797. The molecule has 0 aliphatic carbocycles. The summed E-state index contributed by atoms with van der Waals surface area (Å²) in [5.74, 6) is -0.931. The normalized spacial score (nSPS) is 12.5. The third kappa shape index (κ3) is 52.1. The number of carbonyl (C=O) groups excluding carboxylic acids is 3. The summed E-state index contributed by atoms with van der Waals surface area (Å²) in [5, 5.41) is 0. The van der Waals surface area contributed by atoms with Crippen LogP contribution in [-0.2, 0) is 28.6 Å². The molecule has 0 aliphatic rings. The van der Waals surface area contributed by atoms with E-state index in [1.807, 2.05) is 0 Å². The van der Waals surface area contributed by atoms with Crippen LogP contribution in [0.4, 0.5) is 0 Å². The van der Waals surface area contributed by atoms with Crippen LogP contribution >= 0.6 is 0 Å². The van der Waals surface area contributed by atoms with Gasteiger partial charge in [0.25, 0.3) is 0 Å². The number of esters is 3. The average Bonchev–Trinajstić information content (AvgIpc) is 3.31. The average molecular weight is 924 g/mol. The molecule has 0 aromatic heterocycles. The van der Waals surface area contributed by atoms with Gasteiger partial charge in [-0.05, 0) is 83.5 Å². The van der Waals surface area contributed by atoms with Crippen molar-refractivity contribution in [1.82, 2.24) is 0 Å². The molecule has 0 aromatic rings. The molecule has 6 heteroatoms. The van der Waals surface area contributed by atoms with Crippen molar-refractivity contribution in [3.05, 3.63) is 60.8 Å². The molecule has 0 spiro atoms. The fourth-order valence-electron chi connectivity index (χ4n) is 8.02. The monoisotopic (exact) mass is 923 g/mol. The molecule has 66 heavy (non-hydrogen) atoms. The molecule has 0 saturated heterocycles. The zero-order valence-electron chi connectivity index (χ0n) is 43.7. The van der Waals surface area contributed by atoms with Crippen molar-refractivity contribution in [3.63, 3.8) is 0 Å². The second-order valence-electron chi connectivity index (χ2n) is 18.8. The minimum Gasteiger partial charge on any atom is -0.462 e. The van der Waals surface area contributed by atoms with Crippen molar-refractivity contribution < 1.29 is 28.6 Å². The molecule has 0 amide bonds. The highest BCUT2D eigenvalue weighted by atomic mass is 16.6. The Morgan fingerprint density at radius 1 is 0.318 bits per heavy atom. The number of rotatable bonds is 51. The van der Waals surface area contributed by atoms with Gasteiger partial charge in [-0.3, -0.25) is 14.4 Å². The Kier molecular flexibility index (Phi) is 52.3. The van der Waals surface area contributed by atoms with Gasteiger partial charge in [0, 0.05) is 19.3 Å². The first-order valence-electron chi connectivity index (χ1n) is 28.3. The zero-order valence-corrected chi connectivity index (χ0v) is 43.7. The summed E-state index contributed by atoms with van der Waals surface area (Å²) in [4.78, 5) is 38.1. The van der Waals surface area contributed by atoms with E-state index < -0.39 is 6.10 Å². The van der Waals surface area contributed by atoms with Crippen LogP contribution in [0.1, 0.15) is 284 Å². The molecule has 0 saturated carbocycles. The molecule has 0 aliphatic heterocycles. The highest BCUT2D eigenvalue weighted by Crippen LogP contribution is 2.16. The van der Waals surface area contributed by atoms with Gasteiger partial charge in [-0.1, -0.05) is 242 Å². The van der Waals surface area contributed by atoms with E-state index in [-0.39, 0.29) is 37.5 Å². The number of hydrogen-bond donors (Lipinski definition) is 0. The third-order valence-corrected chi connectivity index (χ3v) is 12.3. The van der Waals surface area contributed by atoms with Crippen LogP contribution in [0.5, 0.6) is 0 Å². The second-order valence-corrected chi connectivity index (χ2v) is 18.8. The number of hydrogen-bond acceptors (Lipinski definition) is 6. The number of unbranched alkanes of at least 4 members (excludes halogenated alkanes) is 30. The Balaban J connectivity index is 4.39. The van der Waals surface area contributed by atoms with E-state index in [1.165, 1.54) is 154 Å². The maximum atomic E-state index is 12.8. The predicted molar refractivity (Wildman–Crippen MR) is 284 cm³/mol. The Labute approximate surface area is 409 Å². The van der Waals surface area contributed by atoms with Crippen LogP contribution in [0.25, 0.3) is 0 Å². The molecule has 0 unspecified atom stereocenters. The van der Waals surface area contributed by atoms with Crippen molar-refractivity contribution in [2.45, 2.75) is 290 Å². The Hall–Kier alpha value is -2.89. The topological polar surface area (TPSA) is 78.9 Å². The summed E-state index contributed by atoms with van der Waals surface area (Å²) >= 11 is 0. The highest BCUT2D eigenvalue weighted by Gasteiger charge is 2.19. The maximum absolute atomic E-state index is 12.8. The van der Waals surface area contributed by atoms with Crippen molar-refractivity contribution >= 4 is 17.9 Å². The molecule has 0 bridgehead atoms. The highest BCUT2D eigenvalue weighted by molar-refractivity contribution is 5.71. The third-order valence-electron chi connectivity index (χ3n) is 12.3. The Bertz CT molecular complexity index is 1200. The minimum absolute atomic E-state index is 0.0910. The lowest BCUT2D eigenvalue weighted by Crippen LogP contribution is -2.30. The predicted octanol–water partition coefficient (Wildman–Crippen LogP) is 18.8. The van der Waals surface area contributed by atoms with Gasteiger partial charge in [-0.15, -0.1) is 0 Å². The lowest BCUT2D eigenvalue weighted by Gasteiger charge is -2.18. The first kappa shape index (κ1) is 63.1.